The van der Waals surface area contributed by atoms with E-state index in [1.165, 1.54) is 51.6 Å². The minimum atomic E-state index is 0.803. The van der Waals surface area contributed by atoms with Gasteiger partial charge in [-0.25, -0.2) is 0 Å². The van der Waals surface area contributed by atoms with Crippen LogP contribution in [-0.2, 0) is 0 Å². The summed E-state index contributed by atoms with van der Waals surface area (Å²) in [5.41, 5.74) is 5.72. The SMILES string of the molecule is CC(CC1CCC1)N1CCC(CN)CC1. The summed E-state index contributed by atoms with van der Waals surface area (Å²) in [6, 6.07) is 0.814. The summed E-state index contributed by atoms with van der Waals surface area (Å²) < 4.78 is 0. The molecule has 88 valence electrons. The van der Waals surface area contributed by atoms with E-state index in [9.17, 15) is 0 Å². The molecule has 0 bridgehead atoms. The predicted octanol–water partition coefficient (Wildman–Crippen LogP) is 2.24. The van der Waals surface area contributed by atoms with Gasteiger partial charge in [-0.3, -0.25) is 0 Å². The molecule has 1 aliphatic heterocycles. The Morgan fingerprint density at radius 1 is 1.13 bits per heavy atom. The lowest BCUT2D eigenvalue weighted by Gasteiger charge is -2.38. The maximum absolute atomic E-state index is 5.72. The molecule has 0 spiro atoms. The zero-order valence-electron chi connectivity index (χ0n) is 10.1. The molecule has 0 amide bonds. The molecule has 2 nitrogen and oxygen atoms in total. The molecular formula is C13H26N2. The molecule has 2 heteroatoms. The standard InChI is InChI=1S/C13H26N2/c1-11(9-12-3-2-4-12)15-7-5-13(10-14)6-8-15/h11-13H,2-10,14H2,1H3. The first-order chi connectivity index (χ1) is 7.29. The molecule has 1 heterocycles. The second-order valence-corrected chi connectivity index (χ2v) is 5.60. The lowest BCUT2D eigenvalue weighted by molar-refractivity contribution is 0.112. The molecule has 0 radical (unpaired) electrons. The Morgan fingerprint density at radius 2 is 1.80 bits per heavy atom. The third-order valence-electron chi connectivity index (χ3n) is 4.50. The van der Waals surface area contributed by atoms with Crippen molar-refractivity contribution in [3.63, 3.8) is 0 Å². The van der Waals surface area contributed by atoms with Crippen molar-refractivity contribution in [1.82, 2.24) is 4.90 Å². The Bertz CT molecular complexity index is 181. The average Bonchev–Trinajstić information content (AvgIpc) is 2.23. The smallest absolute Gasteiger partial charge is 0.00695 e. The Labute approximate surface area is 94.2 Å². The molecule has 1 aliphatic carbocycles. The van der Waals surface area contributed by atoms with Gasteiger partial charge in [0.05, 0.1) is 0 Å². The van der Waals surface area contributed by atoms with Gasteiger partial charge >= 0.3 is 0 Å². The lowest BCUT2D eigenvalue weighted by atomic mass is 9.80. The molecule has 15 heavy (non-hydrogen) atoms. The Morgan fingerprint density at radius 3 is 2.27 bits per heavy atom. The van der Waals surface area contributed by atoms with Gasteiger partial charge in [-0.05, 0) is 57.7 Å². The fourth-order valence-electron chi connectivity index (χ4n) is 2.99. The first kappa shape index (κ1) is 11.4. The van der Waals surface area contributed by atoms with Gasteiger partial charge in [0, 0.05) is 6.04 Å². The molecule has 1 unspecified atom stereocenters. The number of piperidine rings is 1. The number of nitrogens with zero attached hydrogens (tertiary/aromatic N) is 1. The highest BCUT2D eigenvalue weighted by Gasteiger charge is 2.26. The maximum atomic E-state index is 5.72. The third-order valence-corrected chi connectivity index (χ3v) is 4.50. The van der Waals surface area contributed by atoms with Gasteiger partial charge < -0.3 is 10.6 Å². The molecule has 0 aromatic heterocycles. The molecule has 0 aromatic carbocycles. The summed E-state index contributed by atoms with van der Waals surface area (Å²) in [4.78, 5) is 2.68. The normalized spacial score (nSPS) is 27.6. The van der Waals surface area contributed by atoms with Gasteiger partial charge in [-0.2, -0.15) is 0 Å². The highest BCUT2D eigenvalue weighted by atomic mass is 15.2. The van der Waals surface area contributed by atoms with Crippen LogP contribution in [0.15, 0.2) is 0 Å². The van der Waals surface area contributed by atoms with Crippen molar-refractivity contribution >= 4 is 0 Å². The number of rotatable bonds is 4. The second kappa shape index (κ2) is 5.31. The largest absolute Gasteiger partial charge is 0.330 e. The third kappa shape index (κ3) is 2.94. The number of likely N-dealkylation sites (tertiary alicyclic amines) is 1. The molecular weight excluding hydrogens is 184 g/mol. The van der Waals surface area contributed by atoms with Crippen molar-refractivity contribution in [1.29, 1.82) is 0 Å². The van der Waals surface area contributed by atoms with Crippen LogP contribution >= 0.6 is 0 Å². The van der Waals surface area contributed by atoms with E-state index in [4.69, 9.17) is 5.73 Å². The first-order valence-electron chi connectivity index (χ1n) is 6.73. The van der Waals surface area contributed by atoms with Crippen molar-refractivity contribution in [2.45, 2.75) is 51.5 Å². The van der Waals surface area contributed by atoms with Gasteiger partial charge in [0.2, 0.25) is 0 Å². The van der Waals surface area contributed by atoms with Gasteiger partial charge in [0.25, 0.3) is 0 Å². The van der Waals surface area contributed by atoms with Crippen LogP contribution in [0.5, 0.6) is 0 Å². The molecule has 2 N–H and O–H groups in total. The monoisotopic (exact) mass is 210 g/mol. The Kier molecular flexibility index (Phi) is 4.04. The Balaban J connectivity index is 1.69. The van der Waals surface area contributed by atoms with Crippen LogP contribution in [0, 0.1) is 11.8 Å². The van der Waals surface area contributed by atoms with Gasteiger partial charge in [0.1, 0.15) is 0 Å². The van der Waals surface area contributed by atoms with E-state index in [1.807, 2.05) is 0 Å². The van der Waals surface area contributed by atoms with E-state index in [1.54, 1.807) is 0 Å². The first-order valence-corrected chi connectivity index (χ1v) is 6.73. The summed E-state index contributed by atoms with van der Waals surface area (Å²) in [7, 11) is 0. The van der Waals surface area contributed by atoms with Crippen LogP contribution in [-0.4, -0.2) is 30.6 Å². The number of hydrogen-bond acceptors (Lipinski definition) is 2. The molecule has 1 saturated carbocycles. The summed E-state index contributed by atoms with van der Waals surface area (Å²) in [6.07, 6.45) is 8.55. The molecule has 2 rings (SSSR count). The van der Waals surface area contributed by atoms with E-state index in [0.717, 1.165) is 24.4 Å². The van der Waals surface area contributed by atoms with Crippen molar-refractivity contribution in [3.05, 3.63) is 0 Å². The summed E-state index contributed by atoms with van der Waals surface area (Å²) >= 11 is 0. The van der Waals surface area contributed by atoms with Gasteiger partial charge in [0.15, 0.2) is 0 Å². The molecule has 1 saturated heterocycles. The zero-order chi connectivity index (χ0) is 10.7. The topological polar surface area (TPSA) is 29.3 Å². The van der Waals surface area contributed by atoms with Crippen LogP contribution in [0.4, 0.5) is 0 Å². The van der Waals surface area contributed by atoms with E-state index in [-0.39, 0.29) is 0 Å². The van der Waals surface area contributed by atoms with E-state index in [2.05, 4.69) is 11.8 Å². The number of nitrogens with two attached hydrogens (primary N) is 1. The van der Waals surface area contributed by atoms with Crippen LogP contribution < -0.4 is 5.73 Å². The fraction of sp³-hybridized carbons (Fsp3) is 1.00. The molecule has 2 fully saturated rings. The predicted molar refractivity (Wildman–Crippen MR) is 64.8 cm³/mol. The zero-order valence-corrected chi connectivity index (χ0v) is 10.1. The second-order valence-electron chi connectivity index (χ2n) is 5.60. The Hall–Kier alpha value is -0.0800. The van der Waals surface area contributed by atoms with Gasteiger partial charge in [-0.15, -0.1) is 0 Å². The minimum absolute atomic E-state index is 0.803. The van der Waals surface area contributed by atoms with Crippen LogP contribution in [0.1, 0.15) is 45.4 Å². The van der Waals surface area contributed by atoms with Crippen LogP contribution in [0.25, 0.3) is 0 Å². The van der Waals surface area contributed by atoms with E-state index in [0.29, 0.717) is 0 Å². The van der Waals surface area contributed by atoms with Crippen molar-refractivity contribution in [2.24, 2.45) is 17.6 Å². The van der Waals surface area contributed by atoms with E-state index < -0.39 is 0 Å². The van der Waals surface area contributed by atoms with Crippen LogP contribution in [0.2, 0.25) is 0 Å². The van der Waals surface area contributed by atoms with Gasteiger partial charge in [-0.1, -0.05) is 19.3 Å². The average molecular weight is 210 g/mol. The summed E-state index contributed by atoms with van der Waals surface area (Å²) in [6.45, 7) is 5.89. The van der Waals surface area contributed by atoms with Crippen molar-refractivity contribution < 1.29 is 0 Å². The lowest BCUT2D eigenvalue weighted by Crippen LogP contribution is -2.42. The molecule has 0 aromatic rings. The van der Waals surface area contributed by atoms with Crippen molar-refractivity contribution in [3.8, 4) is 0 Å². The number of hydrogen-bond donors (Lipinski definition) is 1. The quantitative estimate of drug-likeness (QED) is 0.771. The van der Waals surface area contributed by atoms with E-state index >= 15 is 0 Å². The summed E-state index contributed by atoms with van der Waals surface area (Å²) in [5.74, 6) is 1.85. The van der Waals surface area contributed by atoms with Crippen molar-refractivity contribution in [2.75, 3.05) is 19.6 Å². The highest BCUT2D eigenvalue weighted by Crippen LogP contribution is 2.32. The molecule has 1 atom stereocenters. The van der Waals surface area contributed by atoms with Crippen LogP contribution in [0.3, 0.4) is 0 Å². The molecule has 2 aliphatic rings. The minimum Gasteiger partial charge on any atom is -0.330 e. The maximum Gasteiger partial charge on any atom is 0.00695 e. The fourth-order valence-corrected chi connectivity index (χ4v) is 2.99. The highest BCUT2D eigenvalue weighted by molar-refractivity contribution is 4.80. The summed E-state index contributed by atoms with van der Waals surface area (Å²) in [5, 5.41) is 0.